The van der Waals surface area contributed by atoms with Gasteiger partial charge < -0.3 is 5.32 Å². The van der Waals surface area contributed by atoms with Gasteiger partial charge in [0.25, 0.3) is 0 Å². The molecule has 0 aliphatic carbocycles. The Balaban J connectivity index is 1.97. The number of hydrogen-bond acceptors (Lipinski definition) is 3. The van der Waals surface area contributed by atoms with Crippen LogP contribution in [0.25, 0.3) is 0 Å². The molecule has 0 aliphatic heterocycles. The quantitative estimate of drug-likeness (QED) is 0.866. The Hall–Kier alpha value is -0.900. The third kappa shape index (κ3) is 4.05. The van der Waals surface area contributed by atoms with E-state index >= 15 is 0 Å². The van der Waals surface area contributed by atoms with Crippen LogP contribution in [0.4, 0.5) is 0 Å². The van der Waals surface area contributed by atoms with Crippen LogP contribution in [0.1, 0.15) is 41.0 Å². The second-order valence-corrected chi connectivity index (χ2v) is 6.98. The molecule has 2 nitrogen and oxygen atoms in total. The van der Waals surface area contributed by atoms with Gasteiger partial charge in [-0.05, 0) is 51.8 Å². The van der Waals surface area contributed by atoms with Crippen LogP contribution >= 0.6 is 22.9 Å². The molecule has 0 saturated heterocycles. The summed E-state index contributed by atoms with van der Waals surface area (Å²) in [6.45, 7) is 8.55. The minimum Gasteiger partial charge on any atom is -0.307 e. The Morgan fingerprint density at radius 3 is 2.65 bits per heavy atom. The lowest BCUT2D eigenvalue weighted by Crippen LogP contribution is -2.30. The molecule has 0 spiro atoms. The third-order valence-corrected chi connectivity index (χ3v) is 4.79. The van der Waals surface area contributed by atoms with E-state index < -0.39 is 0 Å². The van der Waals surface area contributed by atoms with Crippen molar-refractivity contribution in [2.75, 3.05) is 0 Å². The van der Waals surface area contributed by atoms with Gasteiger partial charge in [0, 0.05) is 22.0 Å². The van der Waals surface area contributed by atoms with Crippen LogP contribution in [0, 0.1) is 13.8 Å². The maximum Gasteiger partial charge on any atom is 0.0900 e. The molecule has 0 aliphatic rings. The Kier molecular flexibility index (Phi) is 5.19. The first-order chi connectivity index (χ1) is 9.45. The number of thiazole rings is 1. The molecule has 108 valence electrons. The van der Waals surface area contributed by atoms with Crippen molar-refractivity contribution in [2.45, 2.75) is 46.2 Å². The first-order valence-corrected chi connectivity index (χ1v) is 8.09. The zero-order valence-electron chi connectivity index (χ0n) is 12.4. The summed E-state index contributed by atoms with van der Waals surface area (Å²) in [6.07, 6.45) is 0.974. The number of aryl methyl sites for hydroxylation is 2. The maximum absolute atomic E-state index is 6.03. The predicted octanol–water partition coefficient (Wildman–Crippen LogP) is 4.70. The molecule has 20 heavy (non-hydrogen) atoms. The van der Waals surface area contributed by atoms with E-state index in [1.165, 1.54) is 10.4 Å². The van der Waals surface area contributed by atoms with Gasteiger partial charge in [-0.1, -0.05) is 23.7 Å². The molecule has 0 bridgehead atoms. The zero-order chi connectivity index (χ0) is 14.7. The van der Waals surface area contributed by atoms with Crippen LogP contribution < -0.4 is 5.32 Å². The van der Waals surface area contributed by atoms with E-state index in [1.54, 1.807) is 11.3 Å². The van der Waals surface area contributed by atoms with Crippen molar-refractivity contribution in [1.29, 1.82) is 0 Å². The molecule has 0 saturated carbocycles. The van der Waals surface area contributed by atoms with Crippen LogP contribution in [-0.2, 0) is 6.42 Å². The lowest BCUT2D eigenvalue weighted by Gasteiger charge is -2.19. The molecular formula is C16H21ClN2S. The van der Waals surface area contributed by atoms with Gasteiger partial charge in [-0.25, -0.2) is 4.98 Å². The topological polar surface area (TPSA) is 24.9 Å². The Morgan fingerprint density at radius 2 is 2.05 bits per heavy atom. The molecule has 0 amide bonds. The lowest BCUT2D eigenvalue weighted by atomic mass is 10.1. The average Bonchev–Trinajstić information content (AvgIpc) is 2.68. The third-order valence-electron chi connectivity index (χ3n) is 3.30. The van der Waals surface area contributed by atoms with E-state index in [1.807, 2.05) is 18.2 Å². The van der Waals surface area contributed by atoms with Gasteiger partial charge in [-0.15, -0.1) is 11.3 Å². The molecule has 2 unspecified atom stereocenters. The normalized spacial score (nSPS) is 14.2. The van der Waals surface area contributed by atoms with E-state index in [0.717, 1.165) is 22.1 Å². The summed E-state index contributed by atoms with van der Waals surface area (Å²) in [4.78, 5) is 5.83. The van der Waals surface area contributed by atoms with E-state index in [0.29, 0.717) is 12.1 Å². The van der Waals surface area contributed by atoms with Gasteiger partial charge in [0.1, 0.15) is 0 Å². The molecule has 1 aromatic heterocycles. The first-order valence-electron chi connectivity index (χ1n) is 6.90. The average molecular weight is 309 g/mol. The number of hydrogen-bond donors (Lipinski definition) is 1. The van der Waals surface area contributed by atoms with E-state index in [9.17, 15) is 0 Å². The Bertz CT molecular complexity index is 580. The zero-order valence-corrected chi connectivity index (χ0v) is 14.0. The van der Waals surface area contributed by atoms with E-state index in [4.69, 9.17) is 11.6 Å². The molecule has 1 N–H and O–H groups in total. The fraction of sp³-hybridized carbons (Fsp3) is 0.438. The molecule has 2 rings (SSSR count). The summed E-state index contributed by atoms with van der Waals surface area (Å²) in [6, 6.07) is 8.80. The molecule has 0 radical (unpaired) electrons. The van der Waals surface area contributed by atoms with Crippen molar-refractivity contribution >= 4 is 22.9 Å². The van der Waals surface area contributed by atoms with Gasteiger partial charge in [0.05, 0.1) is 10.7 Å². The van der Waals surface area contributed by atoms with Gasteiger partial charge in [0.15, 0.2) is 0 Å². The highest BCUT2D eigenvalue weighted by Gasteiger charge is 2.15. The number of aromatic nitrogens is 1. The highest BCUT2D eigenvalue weighted by molar-refractivity contribution is 7.11. The molecular weight excluding hydrogens is 288 g/mol. The van der Waals surface area contributed by atoms with Crippen molar-refractivity contribution in [3.63, 3.8) is 0 Å². The van der Waals surface area contributed by atoms with Crippen LogP contribution in [0.5, 0.6) is 0 Å². The minimum absolute atomic E-state index is 0.329. The molecule has 1 heterocycles. The predicted molar refractivity (Wildman–Crippen MR) is 87.8 cm³/mol. The number of halogens is 1. The van der Waals surface area contributed by atoms with Crippen molar-refractivity contribution in [3.8, 4) is 0 Å². The summed E-state index contributed by atoms with van der Waals surface area (Å²) in [5.74, 6) is 0. The Morgan fingerprint density at radius 1 is 1.30 bits per heavy atom. The molecule has 1 aromatic carbocycles. The summed E-state index contributed by atoms with van der Waals surface area (Å²) in [5, 5.41) is 5.58. The first kappa shape index (κ1) is 15.5. The summed E-state index contributed by atoms with van der Waals surface area (Å²) in [5.41, 5.74) is 2.41. The highest BCUT2D eigenvalue weighted by atomic mass is 35.5. The maximum atomic E-state index is 6.03. The second kappa shape index (κ2) is 6.70. The fourth-order valence-electron chi connectivity index (χ4n) is 2.53. The molecule has 2 aromatic rings. The number of rotatable bonds is 5. The number of nitrogens with zero attached hydrogens (tertiary/aromatic N) is 1. The molecule has 4 heteroatoms. The fourth-order valence-corrected chi connectivity index (χ4v) is 3.68. The summed E-state index contributed by atoms with van der Waals surface area (Å²) >= 11 is 7.80. The standard InChI is InChI=1S/C16H21ClN2S/c1-10(8-14-6-5-7-15(17)9-14)18-11(2)16-12(3)19-13(4)20-16/h5-7,9-11,18H,8H2,1-4H3. The minimum atomic E-state index is 0.329. The number of benzene rings is 1. The van der Waals surface area contributed by atoms with Gasteiger partial charge >= 0.3 is 0 Å². The monoisotopic (exact) mass is 308 g/mol. The second-order valence-electron chi connectivity index (χ2n) is 5.31. The summed E-state index contributed by atoms with van der Waals surface area (Å²) in [7, 11) is 0. The van der Waals surface area contributed by atoms with Gasteiger partial charge in [-0.2, -0.15) is 0 Å². The molecule has 2 atom stereocenters. The van der Waals surface area contributed by atoms with Gasteiger partial charge in [-0.3, -0.25) is 0 Å². The van der Waals surface area contributed by atoms with E-state index in [2.05, 4.69) is 44.1 Å². The van der Waals surface area contributed by atoms with Crippen LogP contribution in [0.2, 0.25) is 5.02 Å². The van der Waals surface area contributed by atoms with E-state index in [-0.39, 0.29) is 0 Å². The van der Waals surface area contributed by atoms with Crippen molar-refractivity contribution in [1.82, 2.24) is 10.3 Å². The summed E-state index contributed by atoms with van der Waals surface area (Å²) < 4.78 is 0. The van der Waals surface area contributed by atoms with Crippen molar-refractivity contribution in [3.05, 3.63) is 50.4 Å². The lowest BCUT2D eigenvalue weighted by molar-refractivity contribution is 0.480. The van der Waals surface area contributed by atoms with Crippen LogP contribution in [0.3, 0.4) is 0 Å². The number of nitrogens with one attached hydrogen (secondary N) is 1. The van der Waals surface area contributed by atoms with Gasteiger partial charge in [0.2, 0.25) is 0 Å². The Labute approximate surface area is 130 Å². The highest BCUT2D eigenvalue weighted by Crippen LogP contribution is 2.25. The smallest absolute Gasteiger partial charge is 0.0900 e. The largest absolute Gasteiger partial charge is 0.307 e. The van der Waals surface area contributed by atoms with Crippen molar-refractivity contribution < 1.29 is 0 Å². The van der Waals surface area contributed by atoms with Crippen molar-refractivity contribution in [2.24, 2.45) is 0 Å². The van der Waals surface area contributed by atoms with Crippen LogP contribution in [-0.4, -0.2) is 11.0 Å². The van der Waals surface area contributed by atoms with Crippen LogP contribution in [0.15, 0.2) is 24.3 Å². The molecule has 0 fully saturated rings. The SMILES string of the molecule is Cc1nc(C)c(C(C)NC(C)Cc2cccc(Cl)c2)s1.